The van der Waals surface area contributed by atoms with Crippen molar-refractivity contribution in [2.24, 2.45) is 0 Å². The summed E-state index contributed by atoms with van der Waals surface area (Å²) in [5.41, 5.74) is 2.12. The average Bonchev–Trinajstić information content (AvgIpc) is 2.65. The van der Waals surface area contributed by atoms with Crippen LogP contribution in [0.25, 0.3) is 10.6 Å². The van der Waals surface area contributed by atoms with E-state index in [0.29, 0.717) is 0 Å². The van der Waals surface area contributed by atoms with Crippen molar-refractivity contribution in [3.63, 3.8) is 0 Å². The van der Waals surface area contributed by atoms with Crippen LogP contribution in [0.1, 0.15) is 11.1 Å². The molecule has 0 radical (unpaired) electrons. The maximum Gasteiger partial charge on any atom is 0.151 e. The Labute approximate surface area is 91.3 Å². The average molecular weight is 216 g/mol. The van der Waals surface area contributed by atoms with Crippen molar-refractivity contribution in [1.82, 2.24) is 4.98 Å². The first-order chi connectivity index (χ1) is 7.22. The molecule has 0 bridgehead atoms. The molecule has 0 atom stereocenters. The summed E-state index contributed by atoms with van der Waals surface area (Å²) in [6, 6.07) is 5.54. The van der Waals surface area contributed by atoms with Crippen LogP contribution in [0, 0.1) is 18.3 Å². The highest BCUT2D eigenvalue weighted by Gasteiger charge is 2.08. The number of hydrogen-bond donors (Lipinski definition) is 1. The van der Waals surface area contributed by atoms with E-state index in [1.807, 2.05) is 24.4 Å². The third-order valence-corrected chi connectivity index (χ3v) is 3.14. The molecule has 2 rings (SSSR count). The number of nitriles is 1. The molecule has 1 N–H and O–H groups in total. The van der Waals surface area contributed by atoms with Crippen LogP contribution in [0.15, 0.2) is 23.7 Å². The van der Waals surface area contributed by atoms with Gasteiger partial charge in [-0.2, -0.15) is 5.26 Å². The first-order valence-corrected chi connectivity index (χ1v) is 5.24. The molecule has 15 heavy (non-hydrogen) atoms. The Morgan fingerprint density at radius 1 is 1.53 bits per heavy atom. The van der Waals surface area contributed by atoms with Crippen LogP contribution >= 0.6 is 11.3 Å². The van der Waals surface area contributed by atoms with E-state index in [9.17, 15) is 5.11 Å². The molecular formula is C11H8N2OS. The fourth-order valence-electron chi connectivity index (χ4n) is 1.30. The fourth-order valence-corrected chi connectivity index (χ4v) is 2.19. The Hall–Kier alpha value is -1.86. The van der Waals surface area contributed by atoms with Gasteiger partial charge < -0.3 is 5.11 Å². The molecule has 0 aliphatic heterocycles. The predicted octanol–water partition coefficient (Wildman–Crippen LogP) is 2.70. The van der Waals surface area contributed by atoms with Gasteiger partial charge in [0.25, 0.3) is 0 Å². The summed E-state index contributed by atoms with van der Waals surface area (Å²) in [6.07, 6.45) is 1.31. The standard InChI is InChI=1S/C11H8N2OS/c1-7-2-3-15-11(7)9-4-8(5-12)10(14)6-13-9/h2-4,6,14H,1H3. The minimum atomic E-state index is -0.0736. The van der Waals surface area contributed by atoms with E-state index < -0.39 is 0 Å². The molecule has 0 saturated heterocycles. The maximum absolute atomic E-state index is 9.32. The van der Waals surface area contributed by atoms with Gasteiger partial charge in [0, 0.05) is 0 Å². The predicted molar refractivity (Wildman–Crippen MR) is 58.7 cm³/mol. The van der Waals surface area contributed by atoms with E-state index in [1.165, 1.54) is 6.20 Å². The second kappa shape index (κ2) is 3.71. The smallest absolute Gasteiger partial charge is 0.151 e. The lowest BCUT2D eigenvalue weighted by Gasteiger charge is -2.00. The number of hydrogen-bond acceptors (Lipinski definition) is 4. The Kier molecular flexibility index (Phi) is 2.40. The van der Waals surface area contributed by atoms with Crippen molar-refractivity contribution >= 4 is 11.3 Å². The highest BCUT2D eigenvalue weighted by molar-refractivity contribution is 7.13. The molecule has 2 heterocycles. The SMILES string of the molecule is Cc1ccsc1-c1cc(C#N)c(O)cn1. The summed E-state index contributed by atoms with van der Waals surface area (Å²) in [7, 11) is 0. The quantitative estimate of drug-likeness (QED) is 0.797. The van der Waals surface area contributed by atoms with Crippen molar-refractivity contribution in [3.05, 3.63) is 34.8 Å². The minimum Gasteiger partial charge on any atom is -0.505 e. The highest BCUT2D eigenvalue weighted by atomic mass is 32.1. The molecule has 0 spiro atoms. The number of thiophene rings is 1. The molecule has 0 aliphatic carbocycles. The third kappa shape index (κ3) is 1.69. The number of aryl methyl sites for hydroxylation is 1. The molecule has 0 amide bonds. The third-order valence-electron chi connectivity index (χ3n) is 2.10. The van der Waals surface area contributed by atoms with Crippen molar-refractivity contribution in [2.45, 2.75) is 6.92 Å². The van der Waals surface area contributed by atoms with Gasteiger partial charge in [-0.3, -0.25) is 4.98 Å². The van der Waals surface area contributed by atoms with Crippen molar-refractivity contribution in [1.29, 1.82) is 5.26 Å². The highest BCUT2D eigenvalue weighted by Crippen LogP contribution is 2.29. The van der Waals surface area contributed by atoms with Crippen LogP contribution in [0.4, 0.5) is 0 Å². The lowest BCUT2D eigenvalue weighted by molar-refractivity contribution is 0.471. The Morgan fingerprint density at radius 2 is 2.33 bits per heavy atom. The van der Waals surface area contributed by atoms with E-state index in [2.05, 4.69) is 4.98 Å². The van der Waals surface area contributed by atoms with Crippen LogP contribution in [0.2, 0.25) is 0 Å². The van der Waals surface area contributed by atoms with Crippen molar-refractivity contribution < 1.29 is 5.11 Å². The topological polar surface area (TPSA) is 56.9 Å². The fraction of sp³-hybridized carbons (Fsp3) is 0.0909. The zero-order chi connectivity index (χ0) is 10.8. The van der Waals surface area contributed by atoms with E-state index in [4.69, 9.17) is 5.26 Å². The van der Waals surface area contributed by atoms with Gasteiger partial charge in [0.1, 0.15) is 6.07 Å². The molecule has 2 aromatic rings. The molecule has 74 valence electrons. The molecule has 4 heteroatoms. The van der Waals surface area contributed by atoms with Gasteiger partial charge >= 0.3 is 0 Å². The van der Waals surface area contributed by atoms with Crippen molar-refractivity contribution in [3.8, 4) is 22.4 Å². The van der Waals surface area contributed by atoms with Crippen LogP contribution in [-0.4, -0.2) is 10.1 Å². The van der Waals surface area contributed by atoms with E-state index in [0.717, 1.165) is 16.1 Å². The summed E-state index contributed by atoms with van der Waals surface area (Å²) < 4.78 is 0. The van der Waals surface area contributed by atoms with Gasteiger partial charge in [0.15, 0.2) is 5.75 Å². The van der Waals surface area contributed by atoms with Gasteiger partial charge in [0.2, 0.25) is 0 Å². The monoisotopic (exact) mass is 216 g/mol. The molecular weight excluding hydrogens is 208 g/mol. The molecule has 0 aromatic carbocycles. The number of rotatable bonds is 1. The Balaban J connectivity index is 2.57. The van der Waals surface area contributed by atoms with Crippen LogP contribution in [0.3, 0.4) is 0 Å². The maximum atomic E-state index is 9.32. The van der Waals surface area contributed by atoms with E-state index in [1.54, 1.807) is 17.4 Å². The number of pyridine rings is 1. The Bertz CT molecular complexity index is 540. The minimum absolute atomic E-state index is 0.0736. The van der Waals surface area contributed by atoms with Crippen molar-refractivity contribution in [2.75, 3.05) is 0 Å². The second-order valence-electron chi connectivity index (χ2n) is 3.13. The summed E-state index contributed by atoms with van der Waals surface area (Å²) in [4.78, 5) is 5.13. The summed E-state index contributed by atoms with van der Waals surface area (Å²) in [5, 5.41) is 20.1. The number of aromatic nitrogens is 1. The first-order valence-electron chi connectivity index (χ1n) is 4.36. The van der Waals surface area contributed by atoms with Crippen LogP contribution in [-0.2, 0) is 0 Å². The number of aromatic hydroxyl groups is 1. The molecule has 3 nitrogen and oxygen atoms in total. The molecule has 0 fully saturated rings. The molecule has 0 aliphatic rings. The second-order valence-corrected chi connectivity index (χ2v) is 4.05. The lowest BCUT2D eigenvalue weighted by atomic mass is 10.1. The van der Waals surface area contributed by atoms with Gasteiger partial charge in [-0.1, -0.05) is 0 Å². The molecule has 0 unspecified atom stereocenters. The van der Waals surface area contributed by atoms with Gasteiger partial charge in [-0.05, 0) is 30.0 Å². The summed E-state index contributed by atoms with van der Waals surface area (Å²) in [5.74, 6) is -0.0736. The molecule has 0 saturated carbocycles. The number of nitrogens with zero attached hydrogens (tertiary/aromatic N) is 2. The largest absolute Gasteiger partial charge is 0.505 e. The van der Waals surface area contributed by atoms with E-state index >= 15 is 0 Å². The van der Waals surface area contributed by atoms with Gasteiger partial charge in [-0.15, -0.1) is 11.3 Å². The first kappa shape index (κ1) is 9.69. The normalized spacial score (nSPS) is 9.87. The lowest BCUT2D eigenvalue weighted by Crippen LogP contribution is -1.85. The molecule has 2 aromatic heterocycles. The zero-order valence-corrected chi connectivity index (χ0v) is 8.88. The zero-order valence-electron chi connectivity index (χ0n) is 8.06. The summed E-state index contributed by atoms with van der Waals surface area (Å²) >= 11 is 1.57. The van der Waals surface area contributed by atoms with Gasteiger partial charge in [0.05, 0.1) is 22.3 Å². The van der Waals surface area contributed by atoms with Gasteiger partial charge in [-0.25, -0.2) is 0 Å². The van der Waals surface area contributed by atoms with E-state index in [-0.39, 0.29) is 11.3 Å². The Morgan fingerprint density at radius 3 is 2.93 bits per heavy atom. The van der Waals surface area contributed by atoms with Crippen LogP contribution in [0.5, 0.6) is 5.75 Å². The summed E-state index contributed by atoms with van der Waals surface area (Å²) in [6.45, 7) is 1.99. The van der Waals surface area contributed by atoms with Crippen LogP contribution < -0.4 is 0 Å².